The smallest absolute Gasteiger partial charge is 0.333 e. The summed E-state index contributed by atoms with van der Waals surface area (Å²) in [5.41, 5.74) is 0.633. The molecule has 4 nitrogen and oxygen atoms in total. The van der Waals surface area contributed by atoms with E-state index < -0.39 is 0 Å². The minimum absolute atomic E-state index is 0.302. The second kappa shape index (κ2) is 16.9. The minimum atomic E-state index is -0.302. The van der Waals surface area contributed by atoms with Crippen LogP contribution in [0.5, 0.6) is 0 Å². The predicted octanol–water partition coefficient (Wildman–Crippen LogP) is 5.74. The summed E-state index contributed by atoms with van der Waals surface area (Å²) in [5, 5.41) is 0. The van der Waals surface area contributed by atoms with Gasteiger partial charge in [0.1, 0.15) is 12.4 Å². The Labute approximate surface area is 160 Å². The van der Waals surface area contributed by atoms with Gasteiger partial charge in [0, 0.05) is 5.57 Å². The SMILES string of the molecule is C=C/C(=C\C=C(/CCC)C(=O)OC)OCCOC(CCC)CCCCC. The Bertz CT molecular complexity index is 437. The number of rotatable bonds is 16. The molecule has 1 atom stereocenters. The Morgan fingerprint density at radius 3 is 2.35 bits per heavy atom. The average molecular weight is 367 g/mol. The van der Waals surface area contributed by atoms with Crippen molar-refractivity contribution in [1.29, 1.82) is 0 Å². The van der Waals surface area contributed by atoms with Crippen LogP contribution in [-0.4, -0.2) is 32.4 Å². The Balaban J connectivity index is 4.45. The van der Waals surface area contributed by atoms with Crippen LogP contribution in [0, 0.1) is 0 Å². The Morgan fingerprint density at radius 2 is 1.77 bits per heavy atom. The molecule has 0 aromatic carbocycles. The van der Waals surface area contributed by atoms with Gasteiger partial charge in [0.05, 0.1) is 19.8 Å². The van der Waals surface area contributed by atoms with Crippen molar-refractivity contribution in [3.8, 4) is 0 Å². The van der Waals surface area contributed by atoms with Gasteiger partial charge in [-0.1, -0.05) is 59.5 Å². The van der Waals surface area contributed by atoms with Crippen LogP contribution in [0.2, 0.25) is 0 Å². The van der Waals surface area contributed by atoms with Gasteiger partial charge in [-0.15, -0.1) is 0 Å². The standard InChI is InChI=1S/C22H38O4/c1-6-10-11-14-21(13-8-3)26-18-17-25-20(9-4)16-15-19(12-7-2)22(23)24-5/h9,15-16,21H,4,6-8,10-14,17-18H2,1-3,5H3/b19-15+,20-16+. The molecule has 0 aromatic rings. The molecule has 150 valence electrons. The number of ether oxygens (including phenoxy) is 3. The van der Waals surface area contributed by atoms with Gasteiger partial charge in [-0.05, 0) is 37.5 Å². The van der Waals surface area contributed by atoms with Crippen LogP contribution in [0.1, 0.15) is 72.1 Å². The first-order chi connectivity index (χ1) is 12.6. The number of allylic oxidation sites excluding steroid dienone is 3. The Hall–Kier alpha value is -1.55. The van der Waals surface area contributed by atoms with Crippen LogP contribution >= 0.6 is 0 Å². The maximum Gasteiger partial charge on any atom is 0.333 e. The predicted molar refractivity (Wildman–Crippen MR) is 108 cm³/mol. The number of carbonyl (C=O) groups excluding carboxylic acids is 1. The van der Waals surface area contributed by atoms with E-state index >= 15 is 0 Å². The first-order valence-electron chi connectivity index (χ1n) is 9.98. The van der Waals surface area contributed by atoms with Crippen LogP contribution in [0.15, 0.2) is 36.1 Å². The molecule has 0 aromatic heterocycles. The summed E-state index contributed by atoms with van der Waals surface area (Å²) >= 11 is 0. The highest BCUT2D eigenvalue weighted by Crippen LogP contribution is 2.13. The van der Waals surface area contributed by atoms with Crippen molar-refractivity contribution < 1.29 is 19.0 Å². The zero-order chi connectivity index (χ0) is 19.6. The normalized spacial score (nSPS) is 13.4. The molecule has 0 aliphatic rings. The van der Waals surface area contributed by atoms with Gasteiger partial charge in [-0.25, -0.2) is 4.79 Å². The summed E-state index contributed by atoms with van der Waals surface area (Å²) in [5.74, 6) is 0.327. The van der Waals surface area contributed by atoms with E-state index in [9.17, 15) is 4.79 Å². The van der Waals surface area contributed by atoms with Crippen LogP contribution in [0.4, 0.5) is 0 Å². The molecule has 1 unspecified atom stereocenters. The van der Waals surface area contributed by atoms with E-state index in [1.165, 1.54) is 26.4 Å². The van der Waals surface area contributed by atoms with Crippen molar-refractivity contribution in [3.05, 3.63) is 36.1 Å². The van der Waals surface area contributed by atoms with Gasteiger partial charge in [-0.2, -0.15) is 0 Å². The number of hydrogen-bond acceptors (Lipinski definition) is 4. The fourth-order valence-electron chi connectivity index (χ4n) is 2.64. The van der Waals surface area contributed by atoms with Gasteiger partial charge in [0.25, 0.3) is 0 Å². The van der Waals surface area contributed by atoms with Crippen LogP contribution in [0.25, 0.3) is 0 Å². The average Bonchev–Trinajstić information content (AvgIpc) is 2.65. The molecule has 0 spiro atoms. The summed E-state index contributed by atoms with van der Waals surface area (Å²) in [4.78, 5) is 11.7. The first-order valence-corrected chi connectivity index (χ1v) is 9.98. The van der Waals surface area contributed by atoms with Crippen molar-refractivity contribution in [1.82, 2.24) is 0 Å². The van der Waals surface area contributed by atoms with E-state index in [0.717, 1.165) is 25.7 Å². The lowest BCUT2D eigenvalue weighted by molar-refractivity contribution is -0.136. The molecule has 0 aliphatic heterocycles. The number of hydrogen-bond donors (Lipinski definition) is 0. The molecule has 0 saturated heterocycles. The fraction of sp³-hybridized carbons (Fsp3) is 0.682. The second-order valence-corrected chi connectivity index (χ2v) is 6.33. The number of methoxy groups -OCH3 is 1. The first kappa shape index (κ1) is 24.5. The van der Waals surface area contributed by atoms with Crippen molar-refractivity contribution in [2.24, 2.45) is 0 Å². The highest BCUT2D eigenvalue weighted by Gasteiger charge is 2.09. The maximum absolute atomic E-state index is 11.7. The Kier molecular flexibility index (Phi) is 15.9. The molecule has 0 heterocycles. The lowest BCUT2D eigenvalue weighted by atomic mass is 10.1. The summed E-state index contributed by atoms with van der Waals surface area (Å²) in [6, 6.07) is 0. The van der Waals surface area contributed by atoms with E-state index in [1.807, 2.05) is 6.92 Å². The highest BCUT2D eigenvalue weighted by molar-refractivity contribution is 5.88. The van der Waals surface area contributed by atoms with Crippen LogP contribution in [0.3, 0.4) is 0 Å². The third-order valence-electron chi connectivity index (χ3n) is 4.06. The topological polar surface area (TPSA) is 44.8 Å². The van der Waals surface area contributed by atoms with E-state index in [4.69, 9.17) is 14.2 Å². The number of esters is 1. The summed E-state index contributed by atoms with van der Waals surface area (Å²) in [6.45, 7) is 11.2. The van der Waals surface area contributed by atoms with Gasteiger partial charge in [0.2, 0.25) is 0 Å². The van der Waals surface area contributed by atoms with Gasteiger partial charge in [0.15, 0.2) is 0 Å². The van der Waals surface area contributed by atoms with E-state index in [-0.39, 0.29) is 5.97 Å². The molecule has 0 amide bonds. The summed E-state index contributed by atoms with van der Waals surface area (Å²) in [6.07, 6.45) is 14.1. The minimum Gasteiger partial charge on any atom is -0.491 e. The number of carbonyl (C=O) groups is 1. The monoisotopic (exact) mass is 366 g/mol. The number of unbranched alkanes of at least 4 members (excludes halogenated alkanes) is 2. The van der Waals surface area contributed by atoms with Crippen molar-refractivity contribution >= 4 is 5.97 Å². The summed E-state index contributed by atoms with van der Waals surface area (Å²) < 4.78 is 16.5. The van der Waals surface area contributed by atoms with Crippen molar-refractivity contribution in [2.75, 3.05) is 20.3 Å². The Morgan fingerprint density at radius 1 is 1.00 bits per heavy atom. The zero-order valence-corrected chi connectivity index (χ0v) is 17.2. The highest BCUT2D eigenvalue weighted by atomic mass is 16.5. The molecule has 0 radical (unpaired) electrons. The lowest BCUT2D eigenvalue weighted by Crippen LogP contribution is -2.16. The molecular formula is C22H38O4. The quantitative estimate of drug-likeness (QED) is 0.115. The molecule has 0 aliphatic carbocycles. The van der Waals surface area contributed by atoms with E-state index in [2.05, 4.69) is 20.4 Å². The third kappa shape index (κ3) is 11.9. The van der Waals surface area contributed by atoms with Gasteiger partial charge in [-0.3, -0.25) is 0 Å². The van der Waals surface area contributed by atoms with E-state index in [0.29, 0.717) is 37.1 Å². The molecule has 0 bridgehead atoms. The zero-order valence-electron chi connectivity index (χ0n) is 17.2. The largest absolute Gasteiger partial charge is 0.491 e. The molecule has 0 saturated carbocycles. The van der Waals surface area contributed by atoms with Crippen LogP contribution in [-0.2, 0) is 19.0 Å². The molecule has 0 rings (SSSR count). The lowest BCUT2D eigenvalue weighted by Gasteiger charge is -2.17. The van der Waals surface area contributed by atoms with E-state index in [1.54, 1.807) is 18.2 Å². The van der Waals surface area contributed by atoms with Crippen LogP contribution < -0.4 is 0 Å². The van der Waals surface area contributed by atoms with Crippen molar-refractivity contribution in [3.63, 3.8) is 0 Å². The molecule has 26 heavy (non-hydrogen) atoms. The molecular weight excluding hydrogens is 328 g/mol. The third-order valence-corrected chi connectivity index (χ3v) is 4.06. The van der Waals surface area contributed by atoms with Crippen molar-refractivity contribution in [2.45, 2.75) is 78.2 Å². The molecule has 4 heteroatoms. The second-order valence-electron chi connectivity index (χ2n) is 6.33. The summed E-state index contributed by atoms with van der Waals surface area (Å²) in [7, 11) is 1.39. The van der Waals surface area contributed by atoms with Gasteiger partial charge < -0.3 is 14.2 Å². The maximum atomic E-state index is 11.7. The molecule has 0 fully saturated rings. The van der Waals surface area contributed by atoms with Gasteiger partial charge >= 0.3 is 5.97 Å². The fourth-order valence-corrected chi connectivity index (χ4v) is 2.64. The molecule has 0 N–H and O–H groups in total.